The molecule has 0 spiro atoms. The van der Waals surface area contributed by atoms with Crippen LogP contribution in [0.2, 0.25) is 0 Å². The molecule has 108 valence electrons. The number of fused-ring (bicyclic) bond motifs is 1. The topological polar surface area (TPSA) is 31.6 Å². The first kappa shape index (κ1) is 13.6. The third-order valence-electron chi connectivity index (χ3n) is 3.66. The van der Waals surface area contributed by atoms with Crippen LogP contribution in [0.25, 0.3) is 22.3 Å². The predicted octanol–water partition coefficient (Wildman–Crippen LogP) is 4.68. The zero-order valence-electron chi connectivity index (χ0n) is 12.5. The molecule has 3 rings (SSSR count). The summed E-state index contributed by atoms with van der Waals surface area (Å²) < 4.78 is 16.6. The number of methoxy groups -OCH3 is 2. The number of hydrogen-bond donors (Lipinski definition) is 0. The predicted molar refractivity (Wildman–Crippen MR) is 84.1 cm³/mol. The van der Waals surface area contributed by atoms with Gasteiger partial charge in [-0.1, -0.05) is 6.92 Å². The van der Waals surface area contributed by atoms with Gasteiger partial charge in [0.1, 0.15) is 22.8 Å². The normalized spacial score (nSPS) is 10.8. The summed E-state index contributed by atoms with van der Waals surface area (Å²) in [6.45, 7) is 2.11. The van der Waals surface area contributed by atoms with Crippen LogP contribution in [0.15, 0.2) is 46.9 Å². The van der Waals surface area contributed by atoms with Crippen molar-refractivity contribution in [2.75, 3.05) is 14.2 Å². The first-order valence-corrected chi connectivity index (χ1v) is 7.00. The first-order chi connectivity index (χ1) is 10.2. The fourth-order valence-corrected chi connectivity index (χ4v) is 2.47. The molecule has 0 amide bonds. The highest BCUT2D eigenvalue weighted by atomic mass is 16.5. The van der Waals surface area contributed by atoms with Crippen molar-refractivity contribution in [2.24, 2.45) is 0 Å². The zero-order chi connectivity index (χ0) is 14.8. The fraction of sp³-hybridized carbons (Fsp3) is 0.222. The van der Waals surface area contributed by atoms with Crippen LogP contribution in [0, 0.1) is 0 Å². The van der Waals surface area contributed by atoms with Crippen LogP contribution in [-0.2, 0) is 6.42 Å². The van der Waals surface area contributed by atoms with E-state index in [4.69, 9.17) is 13.9 Å². The molecule has 0 bridgehead atoms. The van der Waals surface area contributed by atoms with Crippen LogP contribution < -0.4 is 9.47 Å². The Hall–Kier alpha value is -2.42. The number of furan rings is 1. The van der Waals surface area contributed by atoms with Crippen molar-refractivity contribution in [3.8, 4) is 22.8 Å². The highest BCUT2D eigenvalue weighted by molar-refractivity contribution is 5.86. The summed E-state index contributed by atoms with van der Waals surface area (Å²) in [5, 5.41) is 1.07. The Bertz CT molecular complexity index is 754. The summed E-state index contributed by atoms with van der Waals surface area (Å²) in [6.07, 6.45) is 0.906. The second-order valence-electron chi connectivity index (χ2n) is 4.90. The van der Waals surface area contributed by atoms with Crippen LogP contribution in [0.3, 0.4) is 0 Å². The molecule has 0 saturated heterocycles. The van der Waals surface area contributed by atoms with Crippen molar-refractivity contribution in [3.05, 3.63) is 48.0 Å². The lowest BCUT2D eigenvalue weighted by molar-refractivity contribution is 0.414. The van der Waals surface area contributed by atoms with E-state index in [1.54, 1.807) is 14.2 Å². The molecular formula is C18H18O3. The van der Waals surface area contributed by atoms with Gasteiger partial charge < -0.3 is 13.9 Å². The molecular weight excluding hydrogens is 264 g/mol. The summed E-state index contributed by atoms with van der Waals surface area (Å²) in [6, 6.07) is 14.0. The minimum Gasteiger partial charge on any atom is -0.497 e. The number of aryl methyl sites for hydroxylation is 1. The van der Waals surface area contributed by atoms with Crippen LogP contribution in [0.1, 0.15) is 12.5 Å². The molecule has 3 heteroatoms. The molecule has 0 aliphatic heterocycles. The highest BCUT2D eigenvalue weighted by Crippen LogP contribution is 2.33. The van der Waals surface area contributed by atoms with E-state index in [0.29, 0.717) is 0 Å². The van der Waals surface area contributed by atoms with E-state index in [2.05, 4.69) is 13.0 Å². The fourth-order valence-electron chi connectivity index (χ4n) is 2.47. The Labute approximate surface area is 124 Å². The molecule has 1 heterocycles. The molecule has 0 radical (unpaired) electrons. The highest BCUT2D eigenvalue weighted by Gasteiger charge is 2.11. The number of benzene rings is 2. The van der Waals surface area contributed by atoms with Crippen molar-refractivity contribution in [1.29, 1.82) is 0 Å². The third kappa shape index (κ3) is 2.47. The second-order valence-corrected chi connectivity index (χ2v) is 4.90. The van der Waals surface area contributed by atoms with Crippen LogP contribution in [0.4, 0.5) is 0 Å². The van der Waals surface area contributed by atoms with Gasteiger partial charge in [0, 0.05) is 10.9 Å². The Morgan fingerprint density at radius 2 is 1.62 bits per heavy atom. The molecule has 0 unspecified atom stereocenters. The van der Waals surface area contributed by atoms with Crippen LogP contribution >= 0.6 is 0 Å². The van der Waals surface area contributed by atoms with E-state index >= 15 is 0 Å². The number of ether oxygens (including phenoxy) is 2. The smallest absolute Gasteiger partial charge is 0.138 e. The molecule has 0 saturated carbocycles. The number of rotatable bonds is 4. The Morgan fingerprint density at radius 1 is 0.905 bits per heavy atom. The van der Waals surface area contributed by atoms with Gasteiger partial charge >= 0.3 is 0 Å². The van der Waals surface area contributed by atoms with E-state index in [-0.39, 0.29) is 0 Å². The van der Waals surface area contributed by atoms with Gasteiger partial charge in [0.2, 0.25) is 0 Å². The molecule has 0 aliphatic carbocycles. The van der Waals surface area contributed by atoms with Gasteiger partial charge in [-0.3, -0.25) is 0 Å². The maximum Gasteiger partial charge on any atom is 0.138 e. The van der Waals surface area contributed by atoms with Gasteiger partial charge in [-0.05, 0) is 54.4 Å². The van der Waals surface area contributed by atoms with Crippen molar-refractivity contribution < 1.29 is 13.9 Å². The maximum atomic E-state index is 6.05. The summed E-state index contributed by atoms with van der Waals surface area (Å²) in [5.74, 6) is 2.56. The maximum absolute atomic E-state index is 6.05. The van der Waals surface area contributed by atoms with E-state index in [1.807, 2.05) is 36.4 Å². The monoisotopic (exact) mass is 282 g/mol. The van der Waals surface area contributed by atoms with Crippen molar-refractivity contribution in [2.45, 2.75) is 13.3 Å². The second kappa shape index (κ2) is 5.52. The lowest BCUT2D eigenvalue weighted by Gasteiger charge is -2.03. The van der Waals surface area contributed by atoms with E-state index < -0.39 is 0 Å². The Balaban J connectivity index is 2.11. The van der Waals surface area contributed by atoms with Gasteiger partial charge in [0.15, 0.2) is 0 Å². The molecule has 1 aromatic heterocycles. The minimum absolute atomic E-state index is 0.839. The standard InChI is InChI=1S/C18H18O3/c1-4-12-9-16(20-3)10-14-11-17(21-18(12)14)13-5-7-15(19-2)8-6-13/h5-11H,4H2,1-3H3. The first-order valence-electron chi connectivity index (χ1n) is 7.00. The molecule has 0 aliphatic rings. The number of hydrogen-bond acceptors (Lipinski definition) is 3. The van der Waals surface area contributed by atoms with E-state index in [9.17, 15) is 0 Å². The molecule has 2 aromatic carbocycles. The lowest BCUT2D eigenvalue weighted by Crippen LogP contribution is -1.86. The van der Waals surface area contributed by atoms with Gasteiger partial charge in [-0.15, -0.1) is 0 Å². The van der Waals surface area contributed by atoms with E-state index in [1.165, 1.54) is 0 Å². The average Bonchev–Trinajstić information content (AvgIpc) is 2.97. The zero-order valence-corrected chi connectivity index (χ0v) is 12.5. The van der Waals surface area contributed by atoms with E-state index in [0.717, 1.165) is 45.8 Å². The quantitative estimate of drug-likeness (QED) is 0.696. The van der Waals surface area contributed by atoms with Crippen LogP contribution in [0.5, 0.6) is 11.5 Å². The molecule has 3 nitrogen and oxygen atoms in total. The molecule has 3 aromatic rings. The molecule has 0 atom stereocenters. The molecule has 21 heavy (non-hydrogen) atoms. The Kier molecular flexibility index (Phi) is 3.57. The van der Waals surface area contributed by atoms with Crippen molar-refractivity contribution in [1.82, 2.24) is 0 Å². The van der Waals surface area contributed by atoms with Crippen molar-refractivity contribution in [3.63, 3.8) is 0 Å². The Morgan fingerprint density at radius 3 is 2.24 bits per heavy atom. The van der Waals surface area contributed by atoms with Gasteiger partial charge in [0.05, 0.1) is 14.2 Å². The largest absolute Gasteiger partial charge is 0.497 e. The van der Waals surface area contributed by atoms with Gasteiger partial charge in [-0.2, -0.15) is 0 Å². The summed E-state index contributed by atoms with van der Waals surface area (Å²) in [5.41, 5.74) is 3.13. The molecule has 0 N–H and O–H groups in total. The summed E-state index contributed by atoms with van der Waals surface area (Å²) in [4.78, 5) is 0. The minimum atomic E-state index is 0.839. The van der Waals surface area contributed by atoms with Crippen LogP contribution in [-0.4, -0.2) is 14.2 Å². The van der Waals surface area contributed by atoms with Gasteiger partial charge in [0.25, 0.3) is 0 Å². The summed E-state index contributed by atoms with van der Waals surface area (Å²) >= 11 is 0. The third-order valence-corrected chi connectivity index (χ3v) is 3.66. The average molecular weight is 282 g/mol. The van der Waals surface area contributed by atoms with Crippen molar-refractivity contribution >= 4 is 11.0 Å². The molecule has 0 fully saturated rings. The summed E-state index contributed by atoms with van der Waals surface area (Å²) in [7, 11) is 3.35. The SMILES string of the molecule is CCc1cc(OC)cc2cc(-c3ccc(OC)cc3)oc12. The van der Waals surface area contributed by atoms with Gasteiger partial charge in [-0.25, -0.2) is 0 Å². The lowest BCUT2D eigenvalue weighted by atomic mass is 10.1.